The molecule has 428 valence electrons. The van der Waals surface area contributed by atoms with Crippen molar-refractivity contribution >= 4 is 122 Å². The maximum atomic E-state index is 2.69. The average molecular weight is 1150 g/mol. The summed E-state index contributed by atoms with van der Waals surface area (Å²) in [4.78, 5) is 5.38. The Bertz CT molecular complexity index is 5040. The Kier molecular flexibility index (Phi) is 11.3. The normalized spacial score (nSPS) is 14.6. The topological polar surface area (TPSA) is 16.3 Å². The van der Waals surface area contributed by atoms with Gasteiger partial charge in [0.05, 0.1) is 33.4 Å². The molecular formula is C81H75BN4S. The molecule has 4 nitrogen and oxygen atoms in total. The van der Waals surface area contributed by atoms with Crippen LogP contribution < -0.4 is 25.5 Å². The van der Waals surface area contributed by atoms with Crippen molar-refractivity contribution in [3.8, 4) is 22.5 Å². The molecule has 13 aromatic rings. The van der Waals surface area contributed by atoms with E-state index in [1.807, 2.05) is 11.3 Å². The number of anilines is 6. The first-order valence-electron chi connectivity index (χ1n) is 31.4. The lowest BCUT2D eigenvalue weighted by Crippen LogP contribution is -2.61. The van der Waals surface area contributed by atoms with Crippen molar-refractivity contribution in [2.24, 2.45) is 0 Å². The van der Waals surface area contributed by atoms with Crippen LogP contribution in [0, 0.1) is 0 Å². The number of rotatable bonds is 4. The molecule has 0 saturated carbocycles. The van der Waals surface area contributed by atoms with Gasteiger partial charge in [-0.15, -0.1) is 11.3 Å². The van der Waals surface area contributed by atoms with E-state index in [9.17, 15) is 0 Å². The molecule has 0 spiro atoms. The van der Waals surface area contributed by atoms with Gasteiger partial charge in [-0.25, -0.2) is 0 Å². The van der Waals surface area contributed by atoms with Crippen LogP contribution in [0.25, 0.3) is 76.2 Å². The molecule has 5 heterocycles. The second-order valence-corrected chi connectivity index (χ2v) is 30.9. The van der Waals surface area contributed by atoms with Gasteiger partial charge in [0, 0.05) is 75.9 Å². The maximum Gasteiger partial charge on any atom is 0.265 e. The molecule has 0 atom stereocenters. The molecule has 0 amide bonds. The molecule has 87 heavy (non-hydrogen) atoms. The minimum Gasteiger partial charge on any atom is -0.311 e. The lowest BCUT2D eigenvalue weighted by molar-refractivity contribution is 0.590. The maximum absolute atomic E-state index is 2.69. The summed E-state index contributed by atoms with van der Waals surface area (Å²) < 4.78 is 7.84. The van der Waals surface area contributed by atoms with Crippen LogP contribution in [0.3, 0.4) is 0 Å². The van der Waals surface area contributed by atoms with Crippen LogP contribution in [-0.2, 0) is 27.1 Å². The minimum absolute atomic E-state index is 0.00297. The summed E-state index contributed by atoms with van der Waals surface area (Å²) in [6, 6.07) is 77.8. The van der Waals surface area contributed by atoms with Gasteiger partial charge in [-0.3, -0.25) is 0 Å². The Morgan fingerprint density at radius 3 is 1.46 bits per heavy atom. The first-order chi connectivity index (χ1) is 41.5. The highest BCUT2D eigenvalue weighted by Gasteiger charge is 2.51. The zero-order valence-electron chi connectivity index (χ0n) is 52.8. The number of para-hydroxylation sites is 3. The van der Waals surface area contributed by atoms with Crippen molar-refractivity contribution in [2.75, 3.05) is 9.80 Å². The number of hydrogen-bond acceptors (Lipinski definition) is 3. The van der Waals surface area contributed by atoms with E-state index in [-0.39, 0.29) is 33.8 Å². The molecular weight excluding hydrogens is 1070 g/mol. The number of hydrogen-bond donors (Lipinski definition) is 0. The first kappa shape index (κ1) is 53.9. The van der Waals surface area contributed by atoms with Crippen LogP contribution in [0.2, 0.25) is 0 Å². The van der Waals surface area contributed by atoms with E-state index in [2.05, 4.69) is 316 Å². The summed E-state index contributed by atoms with van der Waals surface area (Å²) >= 11 is 2.01. The van der Waals surface area contributed by atoms with Crippen molar-refractivity contribution < 1.29 is 0 Å². The summed E-state index contributed by atoms with van der Waals surface area (Å²) in [6.07, 6.45) is 0. The molecule has 0 bridgehead atoms. The second-order valence-electron chi connectivity index (χ2n) is 29.8. The molecule has 0 radical (unpaired) electrons. The SMILES string of the molecule is CC(C)(C)c1ccc(N2c3cc(C(C)(C)C)cc4c3B(c3sc5ccc(C(C)(C)C)cc5c3N4c3ccc(C(C)(C)C)cc3)c3c2cc(-n2c4ccccc4c4cc5c(cc42)c2ccccc2n5-c2ccccc2)c2c3-c3ccccc3C2(C)C)cc1. The van der Waals surface area contributed by atoms with E-state index < -0.39 is 0 Å². The molecule has 6 heteroatoms. The van der Waals surface area contributed by atoms with Crippen molar-refractivity contribution in [3.63, 3.8) is 0 Å². The Labute approximate surface area is 517 Å². The molecule has 0 N–H and O–H groups in total. The van der Waals surface area contributed by atoms with Crippen LogP contribution >= 0.6 is 11.3 Å². The zero-order chi connectivity index (χ0) is 60.2. The molecule has 2 aliphatic heterocycles. The van der Waals surface area contributed by atoms with Crippen LogP contribution in [0.5, 0.6) is 0 Å². The van der Waals surface area contributed by atoms with E-state index in [4.69, 9.17) is 0 Å². The van der Waals surface area contributed by atoms with Crippen molar-refractivity contribution in [3.05, 3.63) is 234 Å². The predicted molar refractivity (Wildman–Crippen MR) is 377 cm³/mol. The van der Waals surface area contributed by atoms with E-state index in [1.165, 1.54) is 148 Å². The standard InChI is InChI=1S/C81H75BN4S/c1-77(2,3)48-32-37-53(38-33-48)84-67-43-51(80(10,11)12)44-68-73(67)82(76-75(60-42-50(79(7,8)9)36-41-70(60)87-76)85(68)54-39-34-49(35-40-54)78(4,5)6)74-69(84)47-66(72-71(74)57-28-18-21-29-61(57)81(72,13)14)86-63-31-23-20-27-56(63)59-45-64-58(46-65(59)86)55-26-19-22-30-62(55)83(64)52-24-16-15-17-25-52/h15-47H,1-14H3. The monoisotopic (exact) mass is 1150 g/mol. The van der Waals surface area contributed by atoms with Gasteiger partial charge in [0.2, 0.25) is 0 Å². The molecule has 3 aliphatic rings. The zero-order valence-corrected chi connectivity index (χ0v) is 53.6. The predicted octanol–water partition coefficient (Wildman–Crippen LogP) is 20.7. The lowest BCUT2D eigenvalue weighted by Gasteiger charge is -2.45. The molecule has 1 aliphatic carbocycles. The fourth-order valence-electron chi connectivity index (χ4n) is 15.3. The van der Waals surface area contributed by atoms with Crippen LogP contribution in [0.15, 0.2) is 200 Å². The average Bonchev–Trinajstić information content (AvgIpc) is 1.64. The number of benzene rings is 10. The van der Waals surface area contributed by atoms with Gasteiger partial charge in [-0.1, -0.05) is 206 Å². The Balaban J connectivity index is 1.09. The third-order valence-corrected chi connectivity index (χ3v) is 21.1. The van der Waals surface area contributed by atoms with E-state index in [1.54, 1.807) is 0 Å². The molecule has 0 unspecified atom stereocenters. The van der Waals surface area contributed by atoms with Crippen LogP contribution in [-0.4, -0.2) is 15.8 Å². The largest absolute Gasteiger partial charge is 0.311 e. The third kappa shape index (κ3) is 7.81. The quantitative estimate of drug-likeness (QED) is 0.163. The Morgan fingerprint density at radius 2 is 0.862 bits per heavy atom. The molecule has 16 rings (SSSR count). The minimum atomic E-state index is -0.389. The molecule has 0 saturated heterocycles. The highest BCUT2D eigenvalue weighted by molar-refractivity contribution is 7.34. The summed E-state index contributed by atoms with van der Waals surface area (Å²) in [5.41, 5.74) is 27.3. The van der Waals surface area contributed by atoms with Crippen molar-refractivity contribution in [1.82, 2.24) is 9.13 Å². The highest BCUT2D eigenvalue weighted by atomic mass is 32.1. The summed E-state index contributed by atoms with van der Waals surface area (Å²) in [5.74, 6) is 0. The summed E-state index contributed by atoms with van der Waals surface area (Å²) in [6.45, 7) is 33.1. The summed E-state index contributed by atoms with van der Waals surface area (Å²) in [5, 5.41) is 6.29. The first-order valence-corrected chi connectivity index (χ1v) is 32.2. The molecule has 3 aromatic heterocycles. The fourth-order valence-corrected chi connectivity index (χ4v) is 16.6. The Hall–Kier alpha value is -8.58. The molecule has 0 fully saturated rings. The van der Waals surface area contributed by atoms with Gasteiger partial charge in [-0.2, -0.15) is 0 Å². The smallest absolute Gasteiger partial charge is 0.265 e. The van der Waals surface area contributed by atoms with Gasteiger partial charge in [0.1, 0.15) is 0 Å². The second kappa shape index (κ2) is 18.2. The van der Waals surface area contributed by atoms with Crippen molar-refractivity contribution in [2.45, 2.75) is 124 Å². The van der Waals surface area contributed by atoms with Gasteiger partial charge in [0.25, 0.3) is 6.71 Å². The number of aromatic nitrogens is 2. The van der Waals surface area contributed by atoms with Gasteiger partial charge < -0.3 is 18.9 Å². The third-order valence-electron chi connectivity index (χ3n) is 19.9. The lowest BCUT2D eigenvalue weighted by atomic mass is 9.35. The number of nitrogens with zero attached hydrogens (tertiary/aromatic N) is 4. The van der Waals surface area contributed by atoms with Gasteiger partial charge >= 0.3 is 0 Å². The van der Waals surface area contributed by atoms with Crippen LogP contribution in [0.1, 0.15) is 130 Å². The van der Waals surface area contributed by atoms with E-state index >= 15 is 0 Å². The number of thiophene rings is 1. The van der Waals surface area contributed by atoms with Crippen LogP contribution in [0.4, 0.5) is 34.1 Å². The van der Waals surface area contributed by atoms with Gasteiger partial charge in [-0.05, 0) is 168 Å². The number of fused-ring (bicyclic) bond motifs is 16. The Morgan fingerprint density at radius 1 is 0.368 bits per heavy atom. The van der Waals surface area contributed by atoms with E-state index in [0.29, 0.717) is 0 Å². The molecule has 10 aromatic carbocycles. The van der Waals surface area contributed by atoms with E-state index in [0.717, 1.165) is 11.4 Å². The summed E-state index contributed by atoms with van der Waals surface area (Å²) in [7, 11) is 0. The van der Waals surface area contributed by atoms with Gasteiger partial charge in [0.15, 0.2) is 0 Å². The highest BCUT2D eigenvalue weighted by Crippen LogP contribution is 2.57. The van der Waals surface area contributed by atoms with Crippen molar-refractivity contribution in [1.29, 1.82) is 0 Å². The fraction of sp³-hybridized carbons (Fsp3) is 0.235.